The van der Waals surface area contributed by atoms with Crippen LogP contribution in [0.15, 0.2) is 54.7 Å². The SMILES string of the molecule is COc1ccnc(Cc2ccc(-c3cccc(C4CCC(=O)NC4=O)c3Cl)cc2)n1. The van der Waals surface area contributed by atoms with Gasteiger partial charge in [0, 0.05) is 30.7 Å². The monoisotopic (exact) mass is 421 g/mol. The Kier molecular flexibility index (Phi) is 5.77. The number of carbonyl (C=O) groups is 2. The maximum Gasteiger partial charge on any atom is 0.234 e. The van der Waals surface area contributed by atoms with E-state index in [4.69, 9.17) is 16.3 Å². The van der Waals surface area contributed by atoms with Crippen LogP contribution in [0.3, 0.4) is 0 Å². The molecule has 0 spiro atoms. The summed E-state index contributed by atoms with van der Waals surface area (Å²) < 4.78 is 5.14. The molecule has 0 saturated carbocycles. The molecule has 6 nitrogen and oxygen atoms in total. The van der Waals surface area contributed by atoms with Crippen molar-refractivity contribution in [1.82, 2.24) is 15.3 Å². The van der Waals surface area contributed by atoms with E-state index in [2.05, 4.69) is 15.3 Å². The van der Waals surface area contributed by atoms with E-state index in [1.54, 1.807) is 19.4 Å². The van der Waals surface area contributed by atoms with Crippen molar-refractivity contribution in [2.45, 2.75) is 25.2 Å². The zero-order valence-corrected chi connectivity index (χ0v) is 17.1. The quantitative estimate of drug-likeness (QED) is 0.631. The van der Waals surface area contributed by atoms with Crippen LogP contribution >= 0.6 is 11.6 Å². The Bertz CT molecular complexity index is 1100. The van der Waals surface area contributed by atoms with Gasteiger partial charge in [0.1, 0.15) is 5.82 Å². The Morgan fingerprint density at radius 1 is 1.13 bits per heavy atom. The summed E-state index contributed by atoms with van der Waals surface area (Å²) in [7, 11) is 1.58. The first-order valence-corrected chi connectivity index (χ1v) is 10.0. The Morgan fingerprint density at radius 3 is 2.67 bits per heavy atom. The van der Waals surface area contributed by atoms with Crippen molar-refractivity contribution < 1.29 is 14.3 Å². The van der Waals surface area contributed by atoms with E-state index < -0.39 is 5.92 Å². The molecule has 2 amide bonds. The van der Waals surface area contributed by atoms with Gasteiger partial charge in [-0.15, -0.1) is 0 Å². The van der Waals surface area contributed by atoms with Crippen LogP contribution in [0, 0.1) is 0 Å². The lowest BCUT2D eigenvalue weighted by atomic mass is 9.88. The summed E-state index contributed by atoms with van der Waals surface area (Å²) in [5.74, 6) is 0.270. The van der Waals surface area contributed by atoms with Gasteiger partial charge in [0.2, 0.25) is 17.7 Å². The third-order valence-corrected chi connectivity index (χ3v) is 5.58. The predicted molar refractivity (Wildman–Crippen MR) is 113 cm³/mol. The number of benzene rings is 2. The molecule has 1 fully saturated rings. The Balaban J connectivity index is 1.57. The highest BCUT2D eigenvalue weighted by Gasteiger charge is 2.30. The van der Waals surface area contributed by atoms with Gasteiger partial charge in [0.05, 0.1) is 18.1 Å². The molecule has 30 heavy (non-hydrogen) atoms. The molecular formula is C23H20ClN3O3. The van der Waals surface area contributed by atoms with Crippen molar-refractivity contribution in [1.29, 1.82) is 0 Å². The topological polar surface area (TPSA) is 81.2 Å². The van der Waals surface area contributed by atoms with Gasteiger partial charge in [-0.05, 0) is 23.1 Å². The molecule has 1 aromatic heterocycles. The largest absolute Gasteiger partial charge is 0.481 e. The number of aromatic nitrogens is 2. The minimum Gasteiger partial charge on any atom is -0.481 e. The maximum atomic E-state index is 12.3. The highest BCUT2D eigenvalue weighted by Crippen LogP contribution is 2.37. The maximum absolute atomic E-state index is 12.3. The van der Waals surface area contributed by atoms with Gasteiger partial charge < -0.3 is 4.74 Å². The zero-order valence-electron chi connectivity index (χ0n) is 16.4. The number of hydrogen-bond donors (Lipinski definition) is 1. The molecule has 0 radical (unpaired) electrons. The number of halogens is 1. The molecule has 2 heterocycles. The minimum absolute atomic E-state index is 0.237. The van der Waals surface area contributed by atoms with Crippen molar-refractivity contribution >= 4 is 23.4 Å². The first-order chi connectivity index (χ1) is 14.5. The molecule has 7 heteroatoms. The molecule has 1 aliphatic heterocycles. The van der Waals surface area contributed by atoms with Crippen LogP contribution < -0.4 is 10.1 Å². The molecule has 152 valence electrons. The number of methoxy groups -OCH3 is 1. The van der Waals surface area contributed by atoms with Crippen LogP contribution in [0.4, 0.5) is 0 Å². The summed E-state index contributed by atoms with van der Waals surface area (Å²) in [6.07, 6.45) is 3.04. The second-order valence-corrected chi connectivity index (χ2v) is 7.48. The summed E-state index contributed by atoms with van der Waals surface area (Å²) in [5.41, 5.74) is 3.60. The van der Waals surface area contributed by atoms with Crippen molar-refractivity contribution in [3.05, 3.63) is 76.7 Å². The van der Waals surface area contributed by atoms with Gasteiger partial charge in [0.25, 0.3) is 0 Å². The Hall–Kier alpha value is -3.25. The standard InChI is InChI=1S/C23H20ClN3O3/c1-30-21-11-12-25-19(26-21)13-14-5-7-15(8-6-14)16-3-2-4-17(22(16)24)18-9-10-20(28)27-23(18)29/h2-8,11-12,18H,9-10,13H2,1H3,(H,27,28,29). The number of hydrogen-bond acceptors (Lipinski definition) is 5. The molecule has 1 atom stereocenters. The number of imide groups is 1. The number of ether oxygens (including phenoxy) is 1. The lowest BCUT2D eigenvalue weighted by molar-refractivity contribution is -0.134. The lowest BCUT2D eigenvalue weighted by Crippen LogP contribution is -2.39. The molecule has 0 bridgehead atoms. The average Bonchev–Trinajstić information content (AvgIpc) is 2.75. The van der Waals surface area contributed by atoms with Crippen LogP contribution in [-0.4, -0.2) is 28.9 Å². The lowest BCUT2D eigenvalue weighted by Gasteiger charge is -2.23. The van der Waals surface area contributed by atoms with E-state index in [-0.39, 0.29) is 11.8 Å². The van der Waals surface area contributed by atoms with Gasteiger partial charge >= 0.3 is 0 Å². The van der Waals surface area contributed by atoms with Crippen LogP contribution in [0.25, 0.3) is 11.1 Å². The first-order valence-electron chi connectivity index (χ1n) is 9.62. The number of carbonyl (C=O) groups excluding carboxylic acids is 2. The fourth-order valence-electron chi connectivity index (χ4n) is 3.60. The second-order valence-electron chi connectivity index (χ2n) is 7.10. The van der Waals surface area contributed by atoms with Crippen LogP contribution in [0.5, 0.6) is 5.88 Å². The molecule has 2 aromatic carbocycles. The summed E-state index contributed by atoms with van der Waals surface area (Å²) in [5, 5.41) is 2.93. The molecule has 1 unspecified atom stereocenters. The highest BCUT2D eigenvalue weighted by atomic mass is 35.5. The summed E-state index contributed by atoms with van der Waals surface area (Å²) in [6, 6.07) is 15.4. The minimum atomic E-state index is -0.417. The van der Waals surface area contributed by atoms with Crippen LogP contribution in [0.1, 0.15) is 35.7 Å². The van der Waals surface area contributed by atoms with Gasteiger partial charge in [-0.2, -0.15) is 4.98 Å². The van der Waals surface area contributed by atoms with Gasteiger partial charge in [-0.3, -0.25) is 14.9 Å². The van der Waals surface area contributed by atoms with Crippen molar-refractivity contribution in [2.24, 2.45) is 0 Å². The highest BCUT2D eigenvalue weighted by molar-refractivity contribution is 6.34. The molecule has 1 N–H and O–H groups in total. The van der Waals surface area contributed by atoms with E-state index in [0.29, 0.717) is 36.0 Å². The van der Waals surface area contributed by atoms with E-state index in [1.807, 2.05) is 42.5 Å². The predicted octanol–water partition coefficient (Wildman–Crippen LogP) is 3.92. The normalized spacial score (nSPS) is 16.3. The molecule has 1 aliphatic rings. The average molecular weight is 422 g/mol. The fraction of sp³-hybridized carbons (Fsp3) is 0.217. The number of piperidine rings is 1. The fourth-order valence-corrected chi connectivity index (χ4v) is 3.96. The molecule has 0 aliphatic carbocycles. The molecule has 4 rings (SSSR count). The van der Waals surface area contributed by atoms with E-state index in [1.165, 1.54) is 0 Å². The smallest absolute Gasteiger partial charge is 0.234 e. The zero-order chi connectivity index (χ0) is 21.1. The summed E-state index contributed by atoms with van der Waals surface area (Å²) in [4.78, 5) is 32.3. The van der Waals surface area contributed by atoms with Gasteiger partial charge in [0.15, 0.2) is 0 Å². The Morgan fingerprint density at radius 2 is 1.93 bits per heavy atom. The number of nitrogens with zero attached hydrogens (tertiary/aromatic N) is 2. The van der Waals surface area contributed by atoms with E-state index >= 15 is 0 Å². The summed E-state index contributed by atoms with van der Waals surface area (Å²) >= 11 is 6.68. The number of nitrogens with one attached hydrogen (secondary N) is 1. The van der Waals surface area contributed by atoms with Crippen LogP contribution in [0.2, 0.25) is 5.02 Å². The van der Waals surface area contributed by atoms with Gasteiger partial charge in [-0.25, -0.2) is 4.98 Å². The number of amides is 2. The van der Waals surface area contributed by atoms with Gasteiger partial charge in [-0.1, -0.05) is 54.1 Å². The van der Waals surface area contributed by atoms with Crippen molar-refractivity contribution in [3.63, 3.8) is 0 Å². The third-order valence-electron chi connectivity index (χ3n) is 5.16. The van der Waals surface area contributed by atoms with Crippen molar-refractivity contribution in [3.8, 4) is 17.0 Å². The van der Waals surface area contributed by atoms with Crippen LogP contribution in [-0.2, 0) is 16.0 Å². The Labute approximate surface area is 179 Å². The second kappa shape index (κ2) is 8.63. The molecular weight excluding hydrogens is 402 g/mol. The van der Waals surface area contributed by atoms with Crippen molar-refractivity contribution in [2.75, 3.05) is 7.11 Å². The van der Waals surface area contributed by atoms with E-state index in [9.17, 15) is 9.59 Å². The molecule has 3 aromatic rings. The van der Waals surface area contributed by atoms with E-state index in [0.717, 1.165) is 22.3 Å². The summed E-state index contributed by atoms with van der Waals surface area (Å²) in [6.45, 7) is 0. The third kappa shape index (κ3) is 4.19. The first kappa shape index (κ1) is 20.0. The number of rotatable bonds is 5. The molecule has 1 saturated heterocycles.